The van der Waals surface area contributed by atoms with E-state index in [0.717, 1.165) is 12.8 Å². The van der Waals surface area contributed by atoms with Crippen molar-refractivity contribution in [3.05, 3.63) is 42.6 Å². The predicted molar refractivity (Wildman–Crippen MR) is 98.9 cm³/mol. The number of fused-ring (bicyclic) bond motifs is 1. The molecule has 0 unspecified atom stereocenters. The molecule has 0 amide bonds. The zero-order chi connectivity index (χ0) is 17.9. The van der Waals surface area contributed by atoms with Crippen molar-refractivity contribution in [3.63, 3.8) is 0 Å². The van der Waals surface area contributed by atoms with E-state index in [1.165, 1.54) is 31.7 Å². The summed E-state index contributed by atoms with van der Waals surface area (Å²) in [6.45, 7) is 0. The van der Waals surface area contributed by atoms with E-state index in [4.69, 9.17) is 10.5 Å². The maximum absolute atomic E-state index is 14.4. The Morgan fingerprint density at radius 3 is 2.81 bits per heavy atom. The Balaban J connectivity index is 1.67. The minimum atomic E-state index is -0.471. The first-order valence-corrected chi connectivity index (χ1v) is 8.79. The molecule has 0 aliphatic heterocycles. The molecule has 3 aromatic rings. The van der Waals surface area contributed by atoms with Gasteiger partial charge in [0.2, 0.25) is 5.88 Å². The van der Waals surface area contributed by atoms with Gasteiger partial charge in [0.05, 0.1) is 10.9 Å². The topological polar surface area (TPSA) is 86.0 Å². The van der Waals surface area contributed by atoms with Gasteiger partial charge in [-0.15, -0.1) is 0 Å². The number of ether oxygens (including phenoxy) is 1. The zero-order valence-electron chi connectivity index (χ0n) is 14.3. The van der Waals surface area contributed by atoms with Crippen molar-refractivity contribution in [1.82, 2.24) is 15.0 Å². The smallest absolute Gasteiger partial charge is 0.238 e. The quantitative estimate of drug-likeness (QED) is 0.684. The van der Waals surface area contributed by atoms with Crippen molar-refractivity contribution in [3.8, 4) is 5.88 Å². The summed E-state index contributed by atoms with van der Waals surface area (Å²) in [6, 6.07) is 6.52. The monoisotopic (exact) mass is 353 g/mol. The van der Waals surface area contributed by atoms with Gasteiger partial charge in [-0.05, 0) is 49.9 Å². The molecular formula is C19H20FN5O. The van der Waals surface area contributed by atoms with E-state index in [-0.39, 0.29) is 11.5 Å². The summed E-state index contributed by atoms with van der Waals surface area (Å²) in [6.07, 6.45) is 8.87. The van der Waals surface area contributed by atoms with Crippen LogP contribution in [0.3, 0.4) is 0 Å². The SMILES string of the molecule is Nc1cc(F)c2c(Nc3cccnc3OC3CCCCC3)ncnc2c1. The summed E-state index contributed by atoms with van der Waals surface area (Å²) in [7, 11) is 0. The van der Waals surface area contributed by atoms with E-state index in [2.05, 4.69) is 20.3 Å². The molecule has 4 rings (SSSR count). The highest BCUT2D eigenvalue weighted by atomic mass is 19.1. The van der Waals surface area contributed by atoms with Crippen molar-refractivity contribution in [2.24, 2.45) is 0 Å². The number of nitrogens with two attached hydrogens (primary N) is 1. The molecule has 1 aliphatic carbocycles. The van der Waals surface area contributed by atoms with Crippen LogP contribution in [0.5, 0.6) is 5.88 Å². The van der Waals surface area contributed by atoms with Crippen LogP contribution in [0.25, 0.3) is 10.9 Å². The van der Waals surface area contributed by atoms with Crippen molar-refractivity contribution < 1.29 is 9.13 Å². The van der Waals surface area contributed by atoms with Crippen molar-refractivity contribution >= 4 is 28.1 Å². The lowest BCUT2D eigenvalue weighted by molar-refractivity contribution is 0.149. The third-order valence-electron chi connectivity index (χ3n) is 4.57. The standard InChI is InChI=1S/C19H20FN5O/c20-14-9-12(21)10-16-17(14)18(24-11-23-16)25-15-7-4-8-22-19(15)26-13-5-2-1-3-6-13/h4,7-11,13H,1-3,5-6,21H2,(H,23,24,25). The van der Waals surface area contributed by atoms with Gasteiger partial charge in [-0.1, -0.05) is 6.42 Å². The minimum Gasteiger partial charge on any atom is -0.473 e. The number of nitrogens with one attached hydrogen (secondary N) is 1. The van der Waals surface area contributed by atoms with E-state index < -0.39 is 5.82 Å². The van der Waals surface area contributed by atoms with Gasteiger partial charge in [0.1, 0.15) is 29.8 Å². The second kappa shape index (κ2) is 7.11. The Morgan fingerprint density at radius 2 is 1.96 bits per heavy atom. The molecule has 6 nitrogen and oxygen atoms in total. The zero-order valence-corrected chi connectivity index (χ0v) is 14.3. The molecule has 134 valence electrons. The van der Waals surface area contributed by atoms with Crippen LogP contribution < -0.4 is 15.8 Å². The average molecular weight is 353 g/mol. The predicted octanol–water partition coefficient (Wildman–Crippen LogP) is 4.20. The number of aromatic nitrogens is 3. The first kappa shape index (κ1) is 16.5. The van der Waals surface area contributed by atoms with Crippen LogP contribution >= 0.6 is 0 Å². The molecule has 2 aromatic heterocycles. The van der Waals surface area contributed by atoms with Crippen molar-refractivity contribution in [1.29, 1.82) is 0 Å². The summed E-state index contributed by atoms with van der Waals surface area (Å²) in [5.41, 5.74) is 7.12. The fourth-order valence-corrected chi connectivity index (χ4v) is 3.31. The highest BCUT2D eigenvalue weighted by Crippen LogP contribution is 2.32. The average Bonchev–Trinajstić information content (AvgIpc) is 2.64. The van der Waals surface area contributed by atoms with Gasteiger partial charge < -0.3 is 15.8 Å². The Hall–Kier alpha value is -2.96. The minimum absolute atomic E-state index is 0.165. The summed E-state index contributed by atoms with van der Waals surface area (Å²) in [5.74, 6) is 0.387. The third-order valence-corrected chi connectivity index (χ3v) is 4.57. The number of hydrogen-bond donors (Lipinski definition) is 2. The van der Waals surface area contributed by atoms with Crippen LogP contribution in [0.4, 0.5) is 21.6 Å². The van der Waals surface area contributed by atoms with Crippen LogP contribution in [0, 0.1) is 5.82 Å². The second-order valence-corrected chi connectivity index (χ2v) is 6.48. The summed E-state index contributed by atoms with van der Waals surface area (Å²) < 4.78 is 20.5. The van der Waals surface area contributed by atoms with E-state index in [0.29, 0.717) is 28.6 Å². The van der Waals surface area contributed by atoms with Gasteiger partial charge in [-0.2, -0.15) is 0 Å². The maximum atomic E-state index is 14.4. The normalized spacial score (nSPS) is 15.1. The number of nitrogen functional groups attached to an aromatic ring is 1. The largest absolute Gasteiger partial charge is 0.473 e. The molecule has 0 bridgehead atoms. The van der Waals surface area contributed by atoms with E-state index in [1.54, 1.807) is 18.3 Å². The fraction of sp³-hybridized carbons (Fsp3) is 0.316. The molecule has 0 saturated heterocycles. The number of pyridine rings is 1. The van der Waals surface area contributed by atoms with Gasteiger partial charge in [0.15, 0.2) is 0 Å². The van der Waals surface area contributed by atoms with Crippen LogP contribution in [0.15, 0.2) is 36.8 Å². The second-order valence-electron chi connectivity index (χ2n) is 6.48. The lowest BCUT2D eigenvalue weighted by Crippen LogP contribution is -2.20. The molecule has 2 heterocycles. The third kappa shape index (κ3) is 3.37. The molecular weight excluding hydrogens is 333 g/mol. The van der Waals surface area contributed by atoms with E-state index in [1.807, 2.05) is 6.07 Å². The number of benzene rings is 1. The molecule has 26 heavy (non-hydrogen) atoms. The number of anilines is 3. The molecule has 1 fully saturated rings. The van der Waals surface area contributed by atoms with Crippen LogP contribution in [-0.4, -0.2) is 21.1 Å². The Morgan fingerprint density at radius 1 is 1.12 bits per heavy atom. The van der Waals surface area contributed by atoms with Gasteiger partial charge in [-0.25, -0.2) is 19.3 Å². The van der Waals surface area contributed by atoms with Crippen LogP contribution in [-0.2, 0) is 0 Å². The van der Waals surface area contributed by atoms with Gasteiger partial charge in [0, 0.05) is 11.9 Å². The van der Waals surface area contributed by atoms with Gasteiger partial charge >= 0.3 is 0 Å². The maximum Gasteiger partial charge on any atom is 0.238 e. The first-order valence-electron chi connectivity index (χ1n) is 8.79. The Kier molecular flexibility index (Phi) is 4.51. The number of hydrogen-bond acceptors (Lipinski definition) is 6. The Bertz CT molecular complexity index is 927. The lowest BCUT2D eigenvalue weighted by Gasteiger charge is -2.23. The molecule has 1 aliphatic rings. The fourth-order valence-electron chi connectivity index (χ4n) is 3.31. The van der Waals surface area contributed by atoms with Gasteiger partial charge in [-0.3, -0.25) is 0 Å². The number of nitrogens with zero attached hydrogens (tertiary/aromatic N) is 3. The lowest BCUT2D eigenvalue weighted by atomic mass is 9.98. The molecule has 0 spiro atoms. The van der Waals surface area contributed by atoms with Crippen LogP contribution in [0.2, 0.25) is 0 Å². The van der Waals surface area contributed by atoms with Gasteiger partial charge in [0.25, 0.3) is 0 Å². The summed E-state index contributed by atoms with van der Waals surface area (Å²) in [4.78, 5) is 12.6. The van der Waals surface area contributed by atoms with Crippen molar-refractivity contribution in [2.45, 2.75) is 38.2 Å². The summed E-state index contributed by atoms with van der Waals surface area (Å²) in [5, 5.41) is 3.43. The van der Waals surface area contributed by atoms with Crippen LogP contribution in [0.1, 0.15) is 32.1 Å². The first-order chi connectivity index (χ1) is 12.7. The highest BCUT2D eigenvalue weighted by Gasteiger charge is 2.18. The Labute approximate surface area is 150 Å². The molecule has 1 aromatic carbocycles. The number of rotatable bonds is 4. The number of halogens is 1. The summed E-state index contributed by atoms with van der Waals surface area (Å²) >= 11 is 0. The highest BCUT2D eigenvalue weighted by molar-refractivity contribution is 5.93. The molecule has 0 atom stereocenters. The molecule has 3 N–H and O–H groups in total. The van der Waals surface area contributed by atoms with E-state index >= 15 is 0 Å². The molecule has 1 saturated carbocycles. The molecule has 0 radical (unpaired) electrons. The van der Waals surface area contributed by atoms with Crippen molar-refractivity contribution in [2.75, 3.05) is 11.1 Å². The van der Waals surface area contributed by atoms with E-state index in [9.17, 15) is 4.39 Å². The molecule has 7 heteroatoms.